The average molecular weight is 211 g/mol. The van der Waals surface area contributed by atoms with E-state index >= 15 is 0 Å². The van der Waals surface area contributed by atoms with Crippen molar-refractivity contribution in [2.75, 3.05) is 0 Å². The van der Waals surface area contributed by atoms with Gasteiger partial charge in [-0.2, -0.15) is 0 Å². The summed E-state index contributed by atoms with van der Waals surface area (Å²) in [5, 5.41) is -0.347. The predicted molar refractivity (Wildman–Crippen MR) is 50.8 cm³/mol. The van der Waals surface area contributed by atoms with Crippen LogP contribution in [0.3, 0.4) is 0 Å². The van der Waals surface area contributed by atoms with E-state index in [1.165, 1.54) is 0 Å². The Hall–Kier alpha value is 0.240. The Morgan fingerprint density at radius 1 is 1.33 bits per heavy atom. The van der Waals surface area contributed by atoms with Gasteiger partial charge in [0, 0.05) is 10.7 Å². The number of halogens is 1. The topological polar surface area (TPSA) is 34.1 Å². The molecule has 0 heterocycles. The summed E-state index contributed by atoms with van der Waals surface area (Å²) < 4.78 is 22.3. The predicted octanol–water partition coefficient (Wildman–Crippen LogP) is 2.52. The van der Waals surface area contributed by atoms with E-state index in [0.717, 1.165) is 25.7 Å². The highest BCUT2D eigenvalue weighted by Crippen LogP contribution is 2.40. The Morgan fingerprint density at radius 3 is 2.25 bits per heavy atom. The first-order chi connectivity index (χ1) is 5.34. The highest BCUT2D eigenvalue weighted by atomic mass is 35.7. The molecular formula is C8H15ClO2S. The highest BCUT2D eigenvalue weighted by Gasteiger charge is 2.39. The van der Waals surface area contributed by atoms with Crippen LogP contribution in [0.5, 0.6) is 0 Å². The number of hydrogen-bond donors (Lipinski definition) is 0. The van der Waals surface area contributed by atoms with Gasteiger partial charge in [-0.05, 0) is 18.3 Å². The molecule has 72 valence electrons. The third kappa shape index (κ3) is 2.13. The van der Waals surface area contributed by atoms with Crippen LogP contribution in [0.4, 0.5) is 0 Å². The van der Waals surface area contributed by atoms with Gasteiger partial charge in [0.05, 0.1) is 5.25 Å². The summed E-state index contributed by atoms with van der Waals surface area (Å²) in [7, 11) is 2.01. The van der Waals surface area contributed by atoms with Gasteiger partial charge in [0.15, 0.2) is 0 Å². The van der Waals surface area contributed by atoms with E-state index in [0.29, 0.717) is 0 Å². The minimum atomic E-state index is -3.36. The summed E-state index contributed by atoms with van der Waals surface area (Å²) in [5.41, 5.74) is -0.140. The molecule has 0 aromatic carbocycles. The molecule has 1 aliphatic carbocycles. The third-order valence-electron chi connectivity index (χ3n) is 2.75. The molecule has 0 radical (unpaired) electrons. The molecule has 1 saturated carbocycles. The van der Waals surface area contributed by atoms with Crippen LogP contribution in [-0.4, -0.2) is 13.7 Å². The first kappa shape index (κ1) is 10.3. The van der Waals surface area contributed by atoms with Gasteiger partial charge in [0.25, 0.3) is 0 Å². The molecule has 1 aliphatic rings. The van der Waals surface area contributed by atoms with E-state index in [4.69, 9.17) is 10.7 Å². The van der Waals surface area contributed by atoms with Crippen molar-refractivity contribution in [1.82, 2.24) is 0 Å². The van der Waals surface area contributed by atoms with E-state index < -0.39 is 9.05 Å². The van der Waals surface area contributed by atoms with Gasteiger partial charge in [0.2, 0.25) is 9.05 Å². The zero-order valence-corrected chi connectivity index (χ0v) is 9.08. The summed E-state index contributed by atoms with van der Waals surface area (Å²) in [6.45, 7) is 3.97. The lowest BCUT2D eigenvalue weighted by Crippen LogP contribution is -2.36. The molecule has 1 unspecified atom stereocenters. The summed E-state index contributed by atoms with van der Waals surface area (Å²) in [5.74, 6) is 0. The molecular weight excluding hydrogens is 196 g/mol. The van der Waals surface area contributed by atoms with Crippen molar-refractivity contribution in [2.45, 2.75) is 44.8 Å². The Kier molecular flexibility index (Phi) is 2.74. The smallest absolute Gasteiger partial charge is 0.212 e. The molecule has 12 heavy (non-hydrogen) atoms. The molecule has 0 bridgehead atoms. The highest BCUT2D eigenvalue weighted by molar-refractivity contribution is 8.14. The first-order valence-electron chi connectivity index (χ1n) is 4.27. The number of hydrogen-bond acceptors (Lipinski definition) is 2. The molecule has 0 amide bonds. The lowest BCUT2D eigenvalue weighted by atomic mass is 9.77. The molecule has 2 nitrogen and oxygen atoms in total. The average Bonchev–Trinajstić information content (AvgIpc) is 1.83. The standard InChI is InChI=1S/C8H15ClO2S/c1-8(2)6-4-3-5-7(8)12(9,10)11/h7H,3-6H2,1-2H3. The van der Waals surface area contributed by atoms with Gasteiger partial charge in [0.1, 0.15) is 0 Å². The minimum Gasteiger partial charge on any atom is -0.212 e. The van der Waals surface area contributed by atoms with Crippen LogP contribution in [0.1, 0.15) is 39.5 Å². The lowest BCUT2D eigenvalue weighted by molar-refractivity contribution is 0.249. The van der Waals surface area contributed by atoms with Crippen LogP contribution in [0.15, 0.2) is 0 Å². The van der Waals surface area contributed by atoms with Crippen molar-refractivity contribution >= 4 is 19.7 Å². The maximum atomic E-state index is 11.2. The summed E-state index contributed by atoms with van der Waals surface area (Å²) in [6, 6.07) is 0. The van der Waals surface area contributed by atoms with Gasteiger partial charge in [-0.15, -0.1) is 0 Å². The molecule has 4 heteroatoms. The van der Waals surface area contributed by atoms with Gasteiger partial charge in [-0.3, -0.25) is 0 Å². The minimum absolute atomic E-state index is 0.140. The second kappa shape index (κ2) is 3.18. The Morgan fingerprint density at radius 2 is 1.92 bits per heavy atom. The largest absolute Gasteiger partial charge is 0.235 e. The summed E-state index contributed by atoms with van der Waals surface area (Å²) >= 11 is 0. The Bertz CT molecular complexity index is 256. The summed E-state index contributed by atoms with van der Waals surface area (Å²) in [4.78, 5) is 0. The first-order valence-corrected chi connectivity index (χ1v) is 6.65. The molecule has 0 N–H and O–H groups in total. The molecule has 0 aliphatic heterocycles. The van der Waals surface area contributed by atoms with E-state index in [1.807, 2.05) is 13.8 Å². The Balaban J connectivity index is 2.88. The van der Waals surface area contributed by atoms with E-state index in [1.54, 1.807) is 0 Å². The fourth-order valence-electron chi connectivity index (χ4n) is 1.98. The van der Waals surface area contributed by atoms with Gasteiger partial charge < -0.3 is 0 Å². The van der Waals surface area contributed by atoms with Crippen molar-refractivity contribution < 1.29 is 8.42 Å². The quantitative estimate of drug-likeness (QED) is 0.624. The van der Waals surface area contributed by atoms with E-state index in [-0.39, 0.29) is 10.7 Å². The molecule has 1 rings (SSSR count). The third-order valence-corrected chi connectivity index (χ3v) is 4.95. The lowest BCUT2D eigenvalue weighted by Gasteiger charge is -2.36. The van der Waals surface area contributed by atoms with Gasteiger partial charge in [-0.25, -0.2) is 8.42 Å². The fourth-order valence-corrected chi connectivity index (χ4v) is 4.30. The van der Waals surface area contributed by atoms with Crippen molar-refractivity contribution in [3.05, 3.63) is 0 Å². The molecule has 0 aromatic rings. The number of rotatable bonds is 1. The summed E-state index contributed by atoms with van der Waals surface area (Å²) in [6.07, 6.45) is 3.79. The molecule has 0 saturated heterocycles. The molecule has 0 aromatic heterocycles. The van der Waals surface area contributed by atoms with Crippen LogP contribution in [0.25, 0.3) is 0 Å². The Labute approximate surface area is 78.7 Å². The normalized spacial score (nSPS) is 30.1. The van der Waals surface area contributed by atoms with Crippen LogP contribution in [0, 0.1) is 5.41 Å². The molecule has 0 spiro atoms. The van der Waals surface area contributed by atoms with Crippen LogP contribution in [0.2, 0.25) is 0 Å². The second-order valence-corrected chi connectivity index (χ2v) is 7.01. The van der Waals surface area contributed by atoms with Crippen molar-refractivity contribution in [3.8, 4) is 0 Å². The van der Waals surface area contributed by atoms with Crippen molar-refractivity contribution in [2.24, 2.45) is 5.41 Å². The van der Waals surface area contributed by atoms with Crippen molar-refractivity contribution in [3.63, 3.8) is 0 Å². The fraction of sp³-hybridized carbons (Fsp3) is 1.00. The maximum absolute atomic E-state index is 11.2. The van der Waals surface area contributed by atoms with Gasteiger partial charge in [-0.1, -0.05) is 26.7 Å². The SMILES string of the molecule is CC1(C)CCCCC1S(=O)(=O)Cl. The van der Waals surface area contributed by atoms with Crippen molar-refractivity contribution in [1.29, 1.82) is 0 Å². The maximum Gasteiger partial charge on any atom is 0.235 e. The van der Waals surface area contributed by atoms with E-state index in [2.05, 4.69) is 0 Å². The van der Waals surface area contributed by atoms with Crippen LogP contribution in [-0.2, 0) is 9.05 Å². The molecule has 1 fully saturated rings. The zero-order chi connectivity index (χ0) is 9.41. The van der Waals surface area contributed by atoms with Crippen LogP contribution >= 0.6 is 10.7 Å². The zero-order valence-electron chi connectivity index (χ0n) is 7.51. The second-order valence-electron chi connectivity index (χ2n) is 4.20. The van der Waals surface area contributed by atoms with E-state index in [9.17, 15) is 8.42 Å². The molecule has 1 atom stereocenters. The van der Waals surface area contributed by atoms with Crippen LogP contribution < -0.4 is 0 Å². The monoisotopic (exact) mass is 210 g/mol. The van der Waals surface area contributed by atoms with Gasteiger partial charge >= 0.3 is 0 Å².